The van der Waals surface area contributed by atoms with Gasteiger partial charge in [0.1, 0.15) is 0 Å². The van der Waals surface area contributed by atoms with E-state index in [4.69, 9.17) is 0 Å². The summed E-state index contributed by atoms with van der Waals surface area (Å²) in [5, 5.41) is 7.90. The van der Waals surface area contributed by atoms with Gasteiger partial charge in [0.05, 0.1) is 21.4 Å². The summed E-state index contributed by atoms with van der Waals surface area (Å²) in [6.45, 7) is 0. The zero-order valence-electron chi connectivity index (χ0n) is 24.2. The molecule has 0 bridgehead atoms. The maximum absolute atomic E-state index is 2.49. The number of hydrogen-bond acceptors (Lipinski definition) is 2. The SMILES string of the molecule is c1ccc(-c2ccc3c4ccccc4n(-c4cccc5c4sc4cccc(-c6cccc7sc8ccccc8c67)c45)c3c2)cc1. The van der Waals surface area contributed by atoms with E-state index in [-0.39, 0.29) is 0 Å². The number of benzene rings is 7. The van der Waals surface area contributed by atoms with Gasteiger partial charge in [0.15, 0.2) is 0 Å². The molecule has 0 aliphatic carbocycles. The quantitative estimate of drug-likeness (QED) is 0.188. The van der Waals surface area contributed by atoms with Crippen molar-refractivity contribution < 1.29 is 0 Å². The Kier molecular flexibility index (Phi) is 5.39. The summed E-state index contributed by atoms with van der Waals surface area (Å²) in [6.07, 6.45) is 0. The van der Waals surface area contributed by atoms with E-state index in [0.29, 0.717) is 0 Å². The molecule has 0 fully saturated rings. The van der Waals surface area contributed by atoms with Gasteiger partial charge in [-0.05, 0) is 58.7 Å². The van der Waals surface area contributed by atoms with Crippen LogP contribution in [0.25, 0.3) is 90.1 Å². The Morgan fingerprint density at radius 3 is 1.84 bits per heavy atom. The minimum atomic E-state index is 1.23. The Morgan fingerprint density at radius 2 is 1.00 bits per heavy atom. The highest BCUT2D eigenvalue weighted by atomic mass is 32.1. The topological polar surface area (TPSA) is 4.93 Å². The monoisotopic (exact) mass is 607 g/mol. The van der Waals surface area contributed by atoms with Crippen LogP contribution in [-0.2, 0) is 0 Å². The van der Waals surface area contributed by atoms with E-state index in [1.807, 2.05) is 22.7 Å². The minimum Gasteiger partial charge on any atom is -0.308 e. The maximum Gasteiger partial charge on any atom is 0.0640 e. The van der Waals surface area contributed by atoms with Crippen molar-refractivity contribution in [2.24, 2.45) is 0 Å². The van der Waals surface area contributed by atoms with E-state index in [0.717, 1.165) is 0 Å². The van der Waals surface area contributed by atoms with E-state index in [2.05, 4.69) is 156 Å². The molecule has 0 aliphatic rings. The second-order valence-electron chi connectivity index (χ2n) is 11.7. The summed E-state index contributed by atoms with van der Waals surface area (Å²) in [5.41, 5.74) is 8.78. The van der Waals surface area contributed by atoms with Crippen LogP contribution in [0.15, 0.2) is 152 Å². The lowest BCUT2D eigenvalue weighted by Crippen LogP contribution is -1.94. The van der Waals surface area contributed by atoms with E-state index < -0.39 is 0 Å². The molecule has 10 aromatic rings. The average Bonchev–Trinajstić information content (AvgIpc) is 3.78. The fourth-order valence-electron chi connectivity index (χ4n) is 7.27. The van der Waals surface area contributed by atoms with Gasteiger partial charge in [0, 0.05) is 46.4 Å². The smallest absolute Gasteiger partial charge is 0.0640 e. The Bertz CT molecular complexity index is 2760. The number of rotatable bonds is 3. The Balaban J connectivity index is 1.28. The fraction of sp³-hybridized carbons (Fsp3) is 0. The Labute approximate surface area is 267 Å². The van der Waals surface area contributed by atoms with Crippen LogP contribution in [0.2, 0.25) is 0 Å². The Morgan fingerprint density at radius 1 is 0.378 bits per heavy atom. The molecule has 0 N–H and O–H groups in total. The fourth-order valence-corrected chi connectivity index (χ4v) is 9.64. The number of hydrogen-bond donors (Lipinski definition) is 0. The molecule has 3 heterocycles. The number of nitrogens with zero attached hydrogens (tertiary/aromatic N) is 1. The van der Waals surface area contributed by atoms with Crippen molar-refractivity contribution in [1.82, 2.24) is 4.57 Å². The Hall–Kier alpha value is -5.22. The van der Waals surface area contributed by atoms with Crippen molar-refractivity contribution in [1.29, 1.82) is 0 Å². The number of para-hydroxylation sites is 1. The molecule has 0 aliphatic heterocycles. The van der Waals surface area contributed by atoms with Gasteiger partial charge in [-0.3, -0.25) is 0 Å². The largest absolute Gasteiger partial charge is 0.308 e. The van der Waals surface area contributed by atoms with Crippen molar-refractivity contribution in [3.8, 4) is 27.9 Å². The van der Waals surface area contributed by atoms with Gasteiger partial charge in [-0.25, -0.2) is 0 Å². The second kappa shape index (κ2) is 9.64. The molecule has 0 saturated carbocycles. The zero-order valence-corrected chi connectivity index (χ0v) is 25.8. The highest BCUT2D eigenvalue weighted by Gasteiger charge is 2.20. The predicted octanol–water partition coefficient (Wildman–Crippen LogP) is 12.9. The van der Waals surface area contributed by atoms with Crippen molar-refractivity contribution in [3.05, 3.63) is 152 Å². The third-order valence-electron chi connectivity index (χ3n) is 9.22. The molecule has 7 aromatic carbocycles. The van der Waals surface area contributed by atoms with Gasteiger partial charge in [0.2, 0.25) is 0 Å². The first-order valence-corrected chi connectivity index (χ1v) is 16.9. The zero-order chi connectivity index (χ0) is 29.5. The summed E-state index contributed by atoms with van der Waals surface area (Å²) in [5.74, 6) is 0. The van der Waals surface area contributed by atoms with E-state index in [1.165, 1.54) is 90.1 Å². The molecule has 3 aromatic heterocycles. The van der Waals surface area contributed by atoms with Crippen LogP contribution in [0.1, 0.15) is 0 Å². The number of fused-ring (bicyclic) bond motifs is 9. The summed E-state index contributed by atoms with van der Waals surface area (Å²) in [4.78, 5) is 0. The first-order chi connectivity index (χ1) is 22.3. The van der Waals surface area contributed by atoms with Crippen LogP contribution in [0.5, 0.6) is 0 Å². The van der Waals surface area contributed by atoms with Crippen LogP contribution in [-0.4, -0.2) is 4.57 Å². The van der Waals surface area contributed by atoms with Crippen LogP contribution in [0.3, 0.4) is 0 Å². The highest BCUT2D eigenvalue weighted by molar-refractivity contribution is 7.26. The van der Waals surface area contributed by atoms with Crippen molar-refractivity contribution in [2.45, 2.75) is 0 Å². The third kappa shape index (κ3) is 3.66. The third-order valence-corrected chi connectivity index (χ3v) is 11.5. The van der Waals surface area contributed by atoms with Gasteiger partial charge in [0.25, 0.3) is 0 Å². The van der Waals surface area contributed by atoms with Crippen molar-refractivity contribution >= 4 is 84.8 Å². The number of thiophene rings is 2. The summed E-state index contributed by atoms with van der Waals surface area (Å²) in [7, 11) is 0. The lowest BCUT2D eigenvalue weighted by molar-refractivity contribution is 1.20. The molecule has 0 radical (unpaired) electrons. The molecule has 0 spiro atoms. The molecule has 0 saturated heterocycles. The maximum atomic E-state index is 2.49. The molecule has 210 valence electrons. The van der Waals surface area contributed by atoms with Crippen LogP contribution < -0.4 is 0 Å². The standard InChI is InChI=1S/C42H25NS2/c1-2-11-26(12-3-1)27-23-24-29-28-13-4-6-18-34(28)43(36(29)25-27)35-19-8-17-33-41-31(16-10-22-39(41)45-42(33)35)30-15-9-21-38-40(30)32-14-5-7-20-37(32)44-38/h1-25H. The second-order valence-corrected chi connectivity index (χ2v) is 13.8. The van der Waals surface area contributed by atoms with E-state index >= 15 is 0 Å². The predicted molar refractivity (Wildman–Crippen MR) is 197 cm³/mol. The normalized spacial score (nSPS) is 12.0. The molecule has 45 heavy (non-hydrogen) atoms. The first kappa shape index (κ1) is 25.1. The molecular weight excluding hydrogens is 583 g/mol. The van der Waals surface area contributed by atoms with E-state index in [1.54, 1.807) is 0 Å². The molecule has 0 amide bonds. The molecule has 3 heteroatoms. The summed E-state index contributed by atoms with van der Waals surface area (Å²) >= 11 is 3.79. The van der Waals surface area contributed by atoms with E-state index in [9.17, 15) is 0 Å². The molecule has 1 nitrogen and oxygen atoms in total. The molecule has 0 unspecified atom stereocenters. The van der Waals surface area contributed by atoms with Crippen LogP contribution in [0.4, 0.5) is 0 Å². The number of aromatic nitrogens is 1. The van der Waals surface area contributed by atoms with Crippen molar-refractivity contribution in [3.63, 3.8) is 0 Å². The van der Waals surface area contributed by atoms with Crippen LogP contribution in [0, 0.1) is 0 Å². The summed E-state index contributed by atoms with van der Waals surface area (Å²) in [6, 6.07) is 55.7. The lowest BCUT2D eigenvalue weighted by Gasteiger charge is -2.11. The van der Waals surface area contributed by atoms with Gasteiger partial charge in [-0.15, -0.1) is 22.7 Å². The average molecular weight is 608 g/mol. The van der Waals surface area contributed by atoms with Gasteiger partial charge in [-0.1, -0.05) is 115 Å². The highest BCUT2D eigenvalue weighted by Crippen LogP contribution is 2.47. The minimum absolute atomic E-state index is 1.23. The first-order valence-electron chi connectivity index (χ1n) is 15.3. The molecule has 10 rings (SSSR count). The van der Waals surface area contributed by atoms with Gasteiger partial charge >= 0.3 is 0 Å². The lowest BCUT2D eigenvalue weighted by atomic mass is 9.95. The summed E-state index contributed by atoms with van der Waals surface area (Å²) < 4.78 is 7.80. The molecular formula is C42H25NS2. The van der Waals surface area contributed by atoms with Crippen LogP contribution >= 0.6 is 22.7 Å². The van der Waals surface area contributed by atoms with Crippen molar-refractivity contribution in [2.75, 3.05) is 0 Å². The van der Waals surface area contributed by atoms with Gasteiger partial charge < -0.3 is 4.57 Å². The molecule has 0 atom stereocenters. The van der Waals surface area contributed by atoms with Gasteiger partial charge in [-0.2, -0.15) is 0 Å².